The van der Waals surface area contributed by atoms with E-state index in [1.165, 1.54) is 16.2 Å². The Morgan fingerprint density at radius 2 is 1.96 bits per heavy atom. The highest BCUT2D eigenvalue weighted by atomic mass is 79.9. The summed E-state index contributed by atoms with van der Waals surface area (Å²) >= 11 is 3.47. The zero-order valence-electron chi connectivity index (χ0n) is 14.1. The second-order valence-electron chi connectivity index (χ2n) is 6.01. The number of rotatable bonds is 7. The van der Waals surface area contributed by atoms with E-state index in [4.69, 9.17) is 0 Å². The summed E-state index contributed by atoms with van der Waals surface area (Å²) in [7, 11) is 1.70. The van der Waals surface area contributed by atoms with Crippen molar-refractivity contribution in [3.63, 3.8) is 0 Å². The predicted molar refractivity (Wildman–Crippen MR) is 101 cm³/mol. The number of aryl methyl sites for hydroxylation is 1. The van der Waals surface area contributed by atoms with Crippen molar-refractivity contribution in [2.24, 2.45) is 12.2 Å². The third-order valence-electron chi connectivity index (χ3n) is 4.23. The lowest BCUT2D eigenvalue weighted by Gasteiger charge is -2.18. The van der Waals surface area contributed by atoms with Gasteiger partial charge in [-0.1, -0.05) is 53.0 Å². The third kappa shape index (κ3) is 4.81. The van der Waals surface area contributed by atoms with E-state index in [1.54, 1.807) is 19.3 Å². The number of halogens is 1. The van der Waals surface area contributed by atoms with E-state index in [-0.39, 0.29) is 11.5 Å². The third-order valence-corrected chi connectivity index (χ3v) is 4.76. The first-order valence-corrected chi connectivity index (χ1v) is 8.98. The fraction of sp³-hybridized carbons (Fsp3) is 0.368. The van der Waals surface area contributed by atoms with E-state index < -0.39 is 0 Å². The summed E-state index contributed by atoms with van der Waals surface area (Å²) < 4.78 is 2.55. The molecule has 2 rings (SSSR count). The van der Waals surface area contributed by atoms with E-state index >= 15 is 0 Å². The zero-order chi connectivity index (χ0) is 17.5. The Hall–Kier alpha value is -1.88. The molecule has 0 fully saturated rings. The van der Waals surface area contributed by atoms with Crippen LogP contribution in [0.15, 0.2) is 57.0 Å². The van der Waals surface area contributed by atoms with Crippen LogP contribution >= 0.6 is 15.9 Å². The van der Waals surface area contributed by atoms with Gasteiger partial charge in [-0.2, -0.15) is 0 Å². The van der Waals surface area contributed by atoms with Crippen LogP contribution in [0.5, 0.6) is 0 Å². The fourth-order valence-electron chi connectivity index (χ4n) is 2.79. The monoisotopic (exact) mass is 390 g/mol. The summed E-state index contributed by atoms with van der Waals surface area (Å²) in [5.41, 5.74) is 2.54. The number of oxime groups is 1. The van der Waals surface area contributed by atoms with Gasteiger partial charge in [0.1, 0.15) is 0 Å². The van der Waals surface area contributed by atoms with Crippen molar-refractivity contribution in [3.05, 3.63) is 68.5 Å². The van der Waals surface area contributed by atoms with Crippen molar-refractivity contribution in [3.8, 4) is 0 Å². The fourth-order valence-corrected chi connectivity index (χ4v) is 3.05. The lowest BCUT2D eigenvalue weighted by Crippen LogP contribution is -2.18. The molecule has 1 atom stereocenters. The van der Waals surface area contributed by atoms with E-state index in [0.29, 0.717) is 12.1 Å². The van der Waals surface area contributed by atoms with Crippen LogP contribution in [0.2, 0.25) is 0 Å². The molecule has 1 heterocycles. The van der Waals surface area contributed by atoms with Crippen LogP contribution < -0.4 is 5.56 Å². The Bertz CT molecular complexity index is 751. The van der Waals surface area contributed by atoms with Crippen molar-refractivity contribution in [1.29, 1.82) is 0 Å². The Morgan fingerprint density at radius 3 is 2.54 bits per heavy atom. The van der Waals surface area contributed by atoms with Crippen LogP contribution in [-0.4, -0.2) is 15.5 Å². The maximum atomic E-state index is 11.6. The van der Waals surface area contributed by atoms with Crippen LogP contribution in [0.4, 0.5) is 0 Å². The van der Waals surface area contributed by atoms with Crippen molar-refractivity contribution >= 4 is 21.6 Å². The van der Waals surface area contributed by atoms with Crippen LogP contribution in [-0.2, 0) is 7.05 Å². The Morgan fingerprint density at radius 1 is 1.25 bits per heavy atom. The topological polar surface area (TPSA) is 54.6 Å². The van der Waals surface area contributed by atoms with Gasteiger partial charge in [-0.25, -0.2) is 0 Å². The number of hydrogen-bond donors (Lipinski definition) is 1. The van der Waals surface area contributed by atoms with Crippen molar-refractivity contribution in [1.82, 2.24) is 4.57 Å². The Labute approximate surface area is 151 Å². The van der Waals surface area contributed by atoms with Gasteiger partial charge in [0.15, 0.2) is 0 Å². The van der Waals surface area contributed by atoms with Gasteiger partial charge >= 0.3 is 0 Å². The van der Waals surface area contributed by atoms with E-state index in [2.05, 4.69) is 40.1 Å². The summed E-state index contributed by atoms with van der Waals surface area (Å²) in [5.74, 6) is 0.279. The Balaban J connectivity index is 2.27. The second kappa shape index (κ2) is 8.83. The summed E-state index contributed by atoms with van der Waals surface area (Å²) in [6.45, 7) is 2.17. The Kier molecular flexibility index (Phi) is 6.79. The number of unbranched alkanes of at least 4 members (excludes halogenated alkanes) is 1. The van der Waals surface area contributed by atoms with Crippen LogP contribution in [0.25, 0.3) is 0 Å². The molecule has 1 aromatic heterocycles. The highest BCUT2D eigenvalue weighted by molar-refractivity contribution is 9.10. The molecule has 1 N–H and O–H groups in total. The smallest absolute Gasteiger partial charge is 0.250 e. The average molecular weight is 391 g/mol. The quantitative estimate of drug-likeness (QED) is 0.423. The van der Waals surface area contributed by atoms with Gasteiger partial charge in [0.25, 0.3) is 0 Å². The molecule has 0 aliphatic heterocycles. The summed E-state index contributed by atoms with van der Waals surface area (Å²) in [5, 5.41) is 13.0. The minimum absolute atomic E-state index is 0.0773. The van der Waals surface area contributed by atoms with Crippen molar-refractivity contribution < 1.29 is 5.21 Å². The number of hydrogen-bond acceptors (Lipinski definition) is 3. The lowest BCUT2D eigenvalue weighted by atomic mass is 9.87. The number of benzene rings is 1. The molecule has 0 saturated heterocycles. The van der Waals surface area contributed by atoms with Gasteiger partial charge in [0, 0.05) is 35.8 Å². The van der Waals surface area contributed by atoms with E-state index in [0.717, 1.165) is 29.3 Å². The van der Waals surface area contributed by atoms with E-state index in [9.17, 15) is 10.0 Å². The first-order chi connectivity index (χ1) is 11.5. The van der Waals surface area contributed by atoms with Gasteiger partial charge in [-0.3, -0.25) is 4.79 Å². The lowest BCUT2D eigenvalue weighted by molar-refractivity contribution is 0.317. The van der Waals surface area contributed by atoms with Crippen LogP contribution in [0.3, 0.4) is 0 Å². The van der Waals surface area contributed by atoms with Crippen LogP contribution in [0.1, 0.15) is 49.7 Å². The molecule has 0 aliphatic carbocycles. The maximum absolute atomic E-state index is 11.6. The van der Waals surface area contributed by atoms with Gasteiger partial charge in [-0.05, 0) is 36.1 Å². The molecule has 5 heteroatoms. The first-order valence-electron chi connectivity index (χ1n) is 8.18. The van der Waals surface area contributed by atoms with E-state index in [1.807, 2.05) is 12.1 Å². The first kappa shape index (κ1) is 18.5. The predicted octanol–water partition coefficient (Wildman–Crippen LogP) is 4.69. The molecule has 2 aromatic rings. The SMILES string of the molecule is CCCCC(CC(=NO)c1ccc(=O)n(C)c1)c1ccc(Br)cc1. The largest absolute Gasteiger partial charge is 0.411 e. The normalized spacial score (nSPS) is 13.0. The highest BCUT2D eigenvalue weighted by Gasteiger charge is 2.17. The zero-order valence-corrected chi connectivity index (χ0v) is 15.7. The number of aromatic nitrogens is 1. The molecule has 0 radical (unpaired) electrons. The average Bonchev–Trinajstić information content (AvgIpc) is 2.59. The summed E-state index contributed by atoms with van der Waals surface area (Å²) in [4.78, 5) is 11.6. The standard InChI is InChI=1S/C19H23BrN2O2/c1-3-4-5-15(14-6-9-17(20)10-7-14)12-18(21-24)16-8-11-19(23)22(2)13-16/h6-11,13,15,24H,3-5,12H2,1-2H3. The highest BCUT2D eigenvalue weighted by Crippen LogP contribution is 2.28. The van der Waals surface area contributed by atoms with Crippen LogP contribution in [0, 0.1) is 0 Å². The molecule has 1 aromatic carbocycles. The molecule has 0 spiro atoms. The molecule has 1 unspecified atom stereocenters. The molecule has 4 nitrogen and oxygen atoms in total. The molecule has 24 heavy (non-hydrogen) atoms. The minimum Gasteiger partial charge on any atom is -0.411 e. The van der Waals surface area contributed by atoms with Gasteiger partial charge in [-0.15, -0.1) is 0 Å². The van der Waals surface area contributed by atoms with Crippen molar-refractivity contribution in [2.45, 2.75) is 38.5 Å². The molecule has 0 amide bonds. The molecule has 128 valence electrons. The van der Waals surface area contributed by atoms with Gasteiger partial charge in [0.2, 0.25) is 5.56 Å². The molecule has 0 saturated carbocycles. The van der Waals surface area contributed by atoms with Gasteiger partial charge < -0.3 is 9.77 Å². The number of nitrogens with zero attached hydrogens (tertiary/aromatic N) is 2. The minimum atomic E-state index is -0.0773. The maximum Gasteiger partial charge on any atom is 0.250 e. The molecule has 0 aliphatic rings. The molecular formula is C19H23BrN2O2. The summed E-state index contributed by atoms with van der Waals surface area (Å²) in [6, 6.07) is 11.5. The second-order valence-corrected chi connectivity index (χ2v) is 6.92. The molecule has 0 bridgehead atoms. The summed E-state index contributed by atoms with van der Waals surface area (Å²) in [6.07, 6.45) is 5.63. The molecular weight excluding hydrogens is 368 g/mol. The van der Waals surface area contributed by atoms with Gasteiger partial charge in [0.05, 0.1) is 5.71 Å². The van der Waals surface area contributed by atoms with Crippen molar-refractivity contribution in [2.75, 3.05) is 0 Å². The number of pyridine rings is 1.